The lowest BCUT2D eigenvalue weighted by Gasteiger charge is -2.45. The van der Waals surface area contributed by atoms with Gasteiger partial charge in [-0.05, 0) is 94.2 Å². The monoisotopic (exact) mass is 342 g/mol. The van der Waals surface area contributed by atoms with Gasteiger partial charge in [-0.15, -0.1) is 0 Å². The summed E-state index contributed by atoms with van der Waals surface area (Å²) < 4.78 is 0. The van der Waals surface area contributed by atoms with Gasteiger partial charge >= 0.3 is 0 Å². The molecule has 2 aliphatic heterocycles. The van der Waals surface area contributed by atoms with Crippen molar-refractivity contribution in [2.45, 2.75) is 57.5 Å². The molecule has 0 unspecified atom stereocenters. The van der Waals surface area contributed by atoms with Crippen LogP contribution in [-0.4, -0.2) is 60.1 Å². The average molecular weight is 343 g/mol. The minimum absolute atomic E-state index is 0.695. The van der Waals surface area contributed by atoms with Crippen LogP contribution < -0.4 is 5.32 Å². The Hall–Kier alpha value is -0.970. The molecule has 3 heterocycles. The molecule has 1 spiro atoms. The van der Waals surface area contributed by atoms with Crippen LogP contribution in [0.1, 0.15) is 50.5 Å². The van der Waals surface area contributed by atoms with Crippen molar-refractivity contribution < 1.29 is 0 Å². The summed E-state index contributed by atoms with van der Waals surface area (Å²) in [4.78, 5) is 9.59. The Balaban J connectivity index is 1.27. The lowest BCUT2D eigenvalue weighted by molar-refractivity contribution is 0.0668. The number of nitrogens with one attached hydrogen (secondary N) is 1. The summed E-state index contributed by atoms with van der Waals surface area (Å²) in [5.74, 6) is 0. The third kappa shape index (κ3) is 4.42. The van der Waals surface area contributed by atoms with E-state index in [1.807, 2.05) is 12.4 Å². The van der Waals surface area contributed by atoms with Gasteiger partial charge in [0, 0.05) is 38.1 Å². The molecule has 0 radical (unpaired) electrons. The van der Waals surface area contributed by atoms with E-state index in [4.69, 9.17) is 0 Å². The van der Waals surface area contributed by atoms with Crippen molar-refractivity contribution in [3.05, 3.63) is 30.1 Å². The van der Waals surface area contributed by atoms with E-state index in [-0.39, 0.29) is 0 Å². The summed E-state index contributed by atoms with van der Waals surface area (Å²) in [7, 11) is 0. The lowest BCUT2D eigenvalue weighted by Crippen LogP contribution is -2.45. The van der Waals surface area contributed by atoms with Gasteiger partial charge in [0.2, 0.25) is 0 Å². The molecular formula is C21H34N4. The minimum Gasteiger partial charge on any atom is -0.317 e. The van der Waals surface area contributed by atoms with Crippen LogP contribution in [0.25, 0.3) is 0 Å². The predicted molar refractivity (Wildman–Crippen MR) is 102 cm³/mol. The summed E-state index contributed by atoms with van der Waals surface area (Å²) in [6.45, 7) is 8.58. The molecule has 0 aromatic carbocycles. The predicted octanol–water partition coefficient (Wildman–Crippen LogP) is 2.90. The second kappa shape index (κ2) is 8.15. The maximum absolute atomic E-state index is 4.14. The summed E-state index contributed by atoms with van der Waals surface area (Å²) in [6, 6.07) is 5.16. The normalized spacial score (nSPS) is 26.6. The second-order valence-corrected chi connectivity index (χ2v) is 8.50. The number of pyridine rings is 1. The van der Waals surface area contributed by atoms with Crippen molar-refractivity contribution in [3.8, 4) is 0 Å². The molecule has 1 aliphatic carbocycles. The van der Waals surface area contributed by atoms with E-state index < -0.39 is 0 Å². The molecule has 4 nitrogen and oxygen atoms in total. The third-order valence-corrected chi connectivity index (χ3v) is 6.98. The highest BCUT2D eigenvalue weighted by Crippen LogP contribution is 2.44. The fourth-order valence-electron chi connectivity index (χ4n) is 5.30. The van der Waals surface area contributed by atoms with Gasteiger partial charge in [-0.25, -0.2) is 0 Å². The summed E-state index contributed by atoms with van der Waals surface area (Å²) >= 11 is 0. The Labute approximate surface area is 153 Å². The van der Waals surface area contributed by atoms with Gasteiger partial charge in [-0.2, -0.15) is 0 Å². The smallest absolute Gasteiger partial charge is 0.0271 e. The van der Waals surface area contributed by atoms with Crippen molar-refractivity contribution in [2.75, 3.05) is 39.3 Å². The molecule has 4 heteroatoms. The SMILES string of the molecule is c1cc(CN2CCCN(C3CCC4(CCNCC4)CC3)CC2)ccn1. The van der Waals surface area contributed by atoms with Crippen molar-refractivity contribution in [2.24, 2.45) is 5.41 Å². The first kappa shape index (κ1) is 17.4. The summed E-state index contributed by atoms with van der Waals surface area (Å²) in [5, 5.41) is 3.54. The molecule has 138 valence electrons. The highest BCUT2D eigenvalue weighted by molar-refractivity contribution is 5.09. The van der Waals surface area contributed by atoms with Gasteiger partial charge in [0.05, 0.1) is 0 Å². The Morgan fingerprint density at radius 3 is 2.48 bits per heavy atom. The Morgan fingerprint density at radius 1 is 0.960 bits per heavy atom. The fourth-order valence-corrected chi connectivity index (χ4v) is 5.30. The number of nitrogens with zero attached hydrogens (tertiary/aromatic N) is 3. The zero-order chi connectivity index (χ0) is 17.0. The first-order valence-corrected chi connectivity index (χ1v) is 10.4. The van der Waals surface area contributed by atoms with E-state index in [0.29, 0.717) is 5.41 Å². The van der Waals surface area contributed by atoms with E-state index in [2.05, 4.69) is 32.2 Å². The molecule has 3 fully saturated rings. The number of hydrogen-bond acceptors (Lipinski definition) is 4. The molecule has 3 aliphatic rings. The molecule has 1 saturated carbocycles. The van der Waals surface area contributed by atoms with Crippen molar-refractivity contribution in [3.63, 3.8) is 0 Å². The molecule has 0 amide bonds. The van der Waals surface area contributed by atoms with Crippen LogP contribution in [0.3, 0.4) is 0 Å². The van der Waals surface area contributed by atoms with Crippen LogP contribution in [0, 0.1) is 5.41 Å². The molecule has 4 rings (SSSR count). The van der Waals surface area contributed by atoms with E-state index in [1.54, 1.807) is 0 Å². The molecule has 0 atom stereocenters. The number of rotatable bonds is 3. The van der Waals surface area contributed by atoms with Gasteiger partial charge in [-0.3, -0.25) is 14.8 Å². The standard InChI is InChI=1S/C21H34N4/c1-14-24(18-19-4-10-22-11-5-19)16-17-25(15-1)20-2-6-21(7-3-20)8-12-23-13-9-21/h4-5,10-11,20,23H,1-3,6-9,12-18H2. The van der Waals surface area contributed by atoms with Crippen LogP contribution in [0.5, 0.6) is 0 Å². The zero-order valence-corrected chi connectivity index (χ0v) is 15.6. The molecule has 0 bridgehead atoms. The van der Waals surface area contributed by atoms with E-state index in [0.717, 1.165) is 12.6 Å². The van der Waals surface area contributed by atoms with E-state index >= 15 is 0 Å². The molecule has 1 N–H and O–H groups in total. The van der Waals surface area contributed by atoms with Gasteiger partial charge < -0.3 is 5.32 Å². The van der Waals surface area contributed by atoms with E-state index in [9.17, 15) is 0 Å². The van der Waals surface area contributed by atoms with Crippen LogP contribution in [0.15, 0.2) is 24.5 Å². The highest BCUT2D eigenvalue weighted by atomic mass is 15.2. The van der Waals surface area contributed by atoms with Gasteiger partial charge in [0.15, 0.2) is 0 Å². The Bertz CT molecular complexity index is 516. The highest BCUT2D eigenvalue weighted by Gasteiger charge is 2.37. The van der Waals surface area contributed by atoms with Crippen LogP contribution in [-0.2, 0) is 6.54 Å². The van der Waals surface area contributed by atoms with Crippen LogP contribution in [0.2, 0.25) is 0 Å². The minimum atomic E-state index is 0.695. The number of piperidine rings is 1. The van der Waals surface area contributed by atoms with Crippen molar-refractivity contribution in [1.82, 2.24) is 20.1 Å². The summed E-state index contributed by atoms with van der Waals surface area (Å²) in [5.41, 5.74) is 2.09. The van der Waals surface area contributed by atoms with Crippen molar-refractivity contribution in [1.29, 1.82) is 0 Å². The van der Waals surface area contributed by atoms with Gasteiger partial charge in [-0.1, -0.05) is 0 Å². The molecule has 25 heavy (non-hydrogen) atoms. The second-order valence-electron chi connectivity index (χ2n) is 8.50. The first-order valence-electron chi connectivity index (χ1n) is 10.4. The van der Waals surface area contributed by atoms with E-state index in [1.165, 1.54) is 89.8 Å². The van der Waals surface area contributed by atoms with Crippen LogP contribution in [0.4, 0.5) is 0 Å². The first-order chi connectivity index (χ1) is 12.3. The quantitative estimate of drug-likeness (QED) is 0.915. The third-order valence-electron chi connectivity index (χ3n) is 6.98. The van der Waals surface area contributed by atoms with Gasteiger partial charge in [0.25, 0.3) is 0 Å². The maximum atomic E-state index is 4.14. The van der Waals surface area contributed by atoms with Crippen molar-refractivity contribution >= 4 is 0 Å². The van der Waals surface area contributed by atoms with Crippen LogP contribution >= 0.6 is 0 Å². The largest absolute Gasteiger partial charge is 0.317 e. The Morgan fingerprint density at radius 2 is 1.72 bits per heavy atom. The lowest BCUT2D eigenvalue weighted by atomic mass is 9.67. The molecular weight excluding hydrogens is 308 g/mol. The fraction of sp³-hybridized carbons (Fsp3) is 0.762. The average Bonchev–Trinajstić information content (AvgIpc) is 2.90. The maximum Gasteiger partial charge on any atom is 0.0271 e. The topological polar surface area (TPSA) is 31.4 Å². The number of aromatic nitrogens is 1. The Kier molecular flexibility index (Phi) is 5.69. The zero-order valence-electron chi connectivity index (χ0n) is 15.6. The molecule has 1 aromatic heterocycles. The molecule has 2 saturated heterocycles. The molecule has 1 aromatic rings. The summed E-state index contributed by atoms with van der Waals surface area (Å²) in [6.07, 6.45) is 13.8. The van der Waals surface area contributed by atoms with Gasteiger partial charge in [0.1, 0.15) is 0 Å². The number of hydrogen-bond donors (Lipinski definition) is 1.